The van der Waals surface area contributed by atoms with Crippen LogP contribution in [0.4, 0.5) is 16.0 Å². The van der Waals surface area contributed by atoms with Crippen LogP contribution in [-0.2, 0) is 0 Å². The van der Waals surface area contributed by atoms with Crippen molar-refractivity contribution in [1.82, 2.24) is 9.97 Å². The lowest BCUT2D eigenvalue weighted by atomic mass is 10.2. The number of hydrogen-bond donors (Lipinski definition) is 2. The van der Waals surface area contributed by atoms with Crippen LogP contribution in [-0.4, -0.2) is 21.9 Å². The zero-order valence-electron chi connectivity index (χ0n) is 11.9. The van der Waals surface area contributed by atoms with Gasteiger partial charge in [0, 0.05) is 17.4 Å². The molecular weight excluding hydrogens is 307 g/mol. The van der Waals surface area contributed by atoms with Gasteiger partial charge in [0.15, 0.2) is 0 Å². The molecule has 1 aliphatic carbocycles. The molecule has 7 heteroatoms. The van der Waals surface area contributed by atoms with Gasteiger partial charge < -0.3 is 10.6 Å². The highest BCUT2D eigenvalue weighted by molar-refractivity contribution is 6.31. The van der Waals surface area contributed by atoms with Crippen LogP contribution in [0.3, 0.4) is 0 Å². The Labute approximate surface area is 131 Å². The van der Waals surface area contributed by atoms with E-state index in [1.165, 1.54) is 18.2 Å². The zero-order chi connectivity index (χ0) is 15.7. The topological polar surface area (TPSA) is 66.9 Å². The molecule has 1 aliphatic rings. The van der Waals surface area contributed by atoms with E-state index < -0.39 is 11.7 Å². The van der Waals surface area contributed by atoms with Crippen molar-refractivity contribution in [3.05, 3.63) is 46.5 Å². The number of nitrogens with one attached hydrogen (secondary N) is 2. The van der Waals surface area contributed by atoms with E-state index in [0.717, 1.165) is 12.8 Å². The normalized spacial score (nSPS) is 13.8. The Morgan fingerprint density at radius 2 is 2.09 bits per heavy atom. The van der Waals surface area contributed by atoms with Gasteiger partial charge in [-0.2, -0.15) is 0 Å². The largest absolute Gasteiger partial charge is 0.351 e. The number of carbonyl (C=O) groups is 1. The lowest BCUT2D eigenvalue weighted by Gasteiger charge is -2.08. The number of anilines is 2. The van der Waals surface area contributed by atoms with E-state index in [4.69, 9.17) is 11.6 Å². The Morgan fingerprint density at radius 1 is 1.32 bits per heavy atom. The maximum atomic E-state index is 13.1. The van der Waals surface area contributed by atoms with Gasteiger partial charge in [-0.3, -0.25) is 4.79 Å². The Morgan fingerprint density at radius 3 is 2.77 bits per heavy atom. The monoisotopic (exact) mass is 320 g/mol. The fourth-order valence-electron chi connectivity index (χ4n) is 1.93. The van der Waals surface area contributed by atoms with Crippen LogP contribution < -0.4 is 10.6 Å². The quantitative estimate of drug-likeness (QED) is 0.906. The molecule has 0 spiro atoms. The van der Waals surface area contributed by atoms with Crippen LogP contribution in [0.5, 0.6) is 0 Å². The summed E-state index contributed by atoms with van der Waals surface area (Å²) in [5.41, 5.74) is 1.35. The molecule has 0 atom stereocenters. The highest BCUT2D eigenvalue weighted by Crippen LogP contribution is 2.23. The fourth-order valence-corrected chi connectivity index (χ4v) is 2.11. The predicted molar refractivity (Wildman–Crippen MR) is 82.8 cm³/mol. The molecule has 2 N–H and O–H groups in total. The Hall–Kier alpha value is -2.21. The molecule has 1 heterocycles. The number of nitrogens with zero attached hydrogens (tertiary/aromatic N) is 2. The third-order valence-electron chi connectivity index (χ3n) is 3.17. The van der Waals surface area contributed by atoms with Gasteiger partial charge in [0.25, 0.3) is 5.91 Å². The molecular formula is C15H14ClFN4O. The molecule has 3 rings (SSSR count). The van der Waals surface area contributed by atoms with E-state index in [2.05, 4.69) is 20.6 Å². The summed E-state index contributed by atoms with van der Waals surface area (Å²) in [6.45, 7) is 1.80. The minimum atomic E-state index is -0.534. The van der Waals surface area contributed by atoms with E-state index in [9.17, 15) is 9.18 Å². The summed E-state index contributed by atoms with van der Waals surface area (Å²) in [6, 6.07) is 5.98. The van der Waals surface area contributed by atoms with Crippen molar-refractivity contribution in [3.8, 4) is 0 Å². The van der Waals surface area contributed by atoms with Crippen LogP contribution in [0.1, 0.15) is 29.0 Å². The summed E-state index contributed by atoms with van der Waals surface area (Å²) in [5, 5.41) is 5.75. The molecule has 114 valence electrons. The van der Waals surface area contributed by atoms with E-state index in [1.54, 1.807) is 13.0 Å². The SMILES string of the molecule is Cc1cc(C(=O)Nc2ccc(F)c(Cl)c2)nc(NC2CC2)n1. The minimum absolute atomic E-state index is 0.0484. The highest BCUT2D eigenvalue weighted by Gasteiger charge is 2.22. The first-order chi connectivity index (χ1) is 10.5. The van der Waals surface area contributed by atoms with E-state index in [1.807, 2.05) is 0 Å². The minimum Gasteiger partial charge on any atom is -0.351 e. The van der Waals surface area contributed by atoms with Crippen LogP contribution in [0.25, 0.3) is 0 Å². The molecule has 0 radical (unpaired) electrons. The number of rotatable bonds is 4. The number of aromatic nitrogens is 2. The molecule has 1 amide bonds. The number of amides is 1. The Kier molecular flexibility index (Phi) is 3.94. The van der Waals surface area contributed by atoms with Crippen molar-refractivity contribution in [2.24, 2.45) is 0 Å². The number of benzene rings is 1. The average molecular weight is 321 g/mol. The summed E-state index contributed by atoms with van der Waals surface area (Å²) in [6.07, 6.45) is 2.18. The van der Waals surface area contributed by atoms with Gasteiger partial charge in [-0.1, -0.05) is 11.6 Å². The average Bonchev–Trinajstić information content (AvgIpc) is 3.26. The lowest BCUT2D eigenvalue weighted by molar-refractivity contribution is 0.102. The second-order valence-electron chi connectivity index (χ2n) is 5.22. The van der Waals surface area contributed by atoms with Crippen molar-refractivity contribution < 1.29 is 9.18 Å². The molecule has 1 fully saturated rings. The van der Waals surface area contributed by atoms with Crippen molar-refractivity contribution >= 4 is 29.1 Å². The van der Waals surface area contributed by atoms with Crippen molar-refractivity contribution in [1.29, 1.82) is 0 Å². The summed E-state index contributed by atoms with van der Waals surface area (Å²) >= 11 is 5.70. The van der Waals surface area contributed by atoms with Gasteiger partial charge in [0.1, 0.15) is 11.5 Å². The third-order valence-corrected chi connectivity index (χ3v) is 3.46. The van der Waals surface area contributed by atoms with Crippen LogP contribution in [0.15, 0.2) is 24.3 Å². The lowest BCUT2D eigenvalue weighted by Crippen LogP contribution is -2.16. The zero-order valence-corrected chi connectivity index (χ0v) is 12.6. The van der Waals surface area contributed by atoms with E-state index >= 15 is 0 Å². The molecule has 1 aromatic heterocycles. The van der Waals surface area contributed by atoms with Crippen molar-refractivity contribution in [3.63, 3.8) is 0 Å². The third kappa shape index (κ3) is 3.51. The second kappa shape index (κ2) is 5.88. The first-order valence-corrected chi connectivity index (χ1v) is 7.28. The first kappa shape index (κ1) is 14.7. The maximum Gasteiger partial charge on any atom is 0.274 e. The summed E-state index contributed by atoms with van der Waals surface area (Å²) in [7, 11) is 0. The standard InChI is InChI=1S/C15H14ClFN4O/c1-8-6-13(21-15(18-8)20-9-2-3-9)14(22)19-10-4-5-12(17)11(16)7-10/h4-7,9H,2-3H2,1H3,(H,19,22)(H,18,20,21). The van der Waals surface area contributed by atoms with Crippen molar-refractivity contribution in [2.75, 3.05) is 10.6 Å². The summed E-state index contributed by atoms with van der Waals surface area (Å²) in [4.78, 5) is 20.7. The van der Waals surface area contributed by atoms with Crippen molar-refractivity contribution in [2.45, 2.75) is 25.8 Å². The molecule has 0 aliphatic heterocycles. The van der Waals surface area contributed by atoms with Crippen LogP contribution in [0, 0.1) is 12.7 Å². The first-order valence-electron chi connectivity index (χ1n) is 6.90. The Balaban J connectivity index is 1.78. The number of carbonyl (C=O) groups excluding carboxylic acids is 1. The fraction of sp³-hybridized carbons (Fsp3) is 0.267. The molecule has 2 aromatic rings. The number of halogens is 2. The number of hydrogen-bond acceptors (Lipinski definition) is 4. The summed E-state index contributed by atoms with van der Waals surface area (Å²) < 4.78 is 13.1. The molecule has 0 saturated heterocycles. The highest BCUT2D eigenvalue weighted by atomic mass is 35.5. The molecule has 5 nitrogen and oxygen atoms in total. The Bertz CT molecular complexity index is 733. The van der Waals surface area contributed by atoms with Gasteiger partial charge in [-0.25, -0.2) is 14.4 Å². The molecule has 0 unspecified atom stereocenters. The molecule has 22 heavy (non-hydrogen) atoms. The smallest absolute Gasteiger partial charge is 0.274 e. The summed E-state index contributed by atoms with van der Waals surface area (Å²) in [5.74, 6) is -0.481. The van der Waals surface area contributed by atoms with Gasteiger partial charge in [0.05, 0.1) is 5.02 Å². The van der Waals surface area contributed by atoms with Gasteiger partial charge in [0.2, 0.25) is 5.95 Å². The van der Waals surface area contributed by atoms with E-state index in [0.29, 0.717) is 23.4 Å². The van der Waals surface area contributed by atoms with Gasteiger partial charge in [-0.05, 0) is 44.0 Å². The molecule has 1 aromatic carbocycles. The van der Waals surface area contributed by atoms with Gasteiger partial charge in [-0.15, -0.1) is 0 Å². The maximum absolute atomic E-state index is 13.1. The molecule has 0 bridgehead atoms. The van der Waals surface area contributed by atoms with Crippen LogP contribution in [0.2, 0.25) is 5.02 Å². The van der Waals surface area contributed by atoms with E-state index in [-0.39, 0.29) is 10.7 Å². The second-order valence-corrected chi connectivity index (χ2v) is 5.63. The molecule has 1 saturated carbocycles. The predicted octanol–water partition coefficient (Wildman–Crippen LogP) is 3.40. The number of aryl methyl sites for hydroxylation is 1. The van der Waals surface area contributed by atoms with Gasteiger partial charge >= 0.3 is 0 Å². The van der Waals surface area contributed by atoms with Crippen LogP contribution >= 0.6 is 11.6 Å².